The normalized spacial score (nSPS) is 19.1. The molecule has 8 nitrogen and oxygen atoms in total. The first-order valence-electron chi connectivity index (χ1n) is 8.96. The van der Waals surface area contributed by atoms with Crippen molar-refractivity contribution in [1.82, 2.24) is 19.0 Å². The maximum Gasteiger partial charge on any atom is 0.410 e. The molecule has 1 aromatic rings. The lowest BCUT2D eigenvalue weighted by atomic mass is 9.99. The molecule has 1 aromatic heterocycles. The highest BCUT2D eigenvalue weighted by atomic mass is 35.5. The van der Waals surface area contributed by atoms with Crippen molar-refractivity contribution >= 4 is 27.7 Å². The van der Waals surface area contributed by atoms with E-state index in [0.717, 1.165) is 12.8 Å². The Morgan fingerprint density at radius 1 is 1.41 bits per heavy atom. The number of amides is 1. The van der Waals surface area contributed by atoms with Gasteiger partial charge < -0.3 is 9.64 Å². The van der Waals surface area contributed by atoms with Crippen molar-refractivity contribution in [3.63, 3.8) is 0 Å². The molecular weight excluding hydrogens is 392 g/mol. The minimum Gasteiger partial charge on any atom is -0.444 e. The van der Waals surface area contributed by atoms with E-state index in [4.69, 9.17) is 16.3 Å². The summed E-state index contributed by atoms with van der Waals surface area (Å²) >= 11 is 6.17. The van der Waals surface area contributed by atoms with Gasteiger partial charge in [-0.2, -0.15) is 9.40 Å². The molecule has 0 radical (unpaired) electrons. The van der Waals surface area contributed by atoms with Crippen LogP contribution in [0.25, 0.3) is 0 Å². The number of rotatable bonds is 4. The molecule has 0 spiro atoms. The largest absolute Gasteiger partial charge is 0.444 e. The molecule has 0 N–H and O–H groups in total. The van der Waals surface area contributed by atoms with E-state index in [0.29, 0.717) is 25.3 Å². The van der Waals surface area contributed by atoms with E-state index in [1.54, 1.807) is 21.0 Å². The summed E-state index contributed by atoms with van der Waals surface area (Å²) in [6.07, 6.45) is 1.16. The Labute approximate surface area is 166 Å². The van der Waals surface area contributed by atoms with Crippen molar-refractivity contribution in [3.8, 4) is 0 Å². The predicted octanol–water partition coefficient (Wildman–Crippen LogP) is 2.65. The third-order valence-electron chi connectivity index (χ3n) is 4.42. The predicted molar refractivity (Wildman–Crippen MR) is 103 cm³/mol. The number of aryl methyl sites for hydroxylation is 2. The molecule has 0 bridgehead atoms. The van der Waals surface area contributed by atoms with Crippen LogP contribution in [0.2, 0.25) is 5.15 Å². The van der Waals surface area contributed by atoms with Crippen LogP contribution >= 0.6 is 11.6 Å². The van der Waals surface area contributed by atoms with Gasteiger partial charge >= 0.3 is 6.09 Å². The molecule has 0 saturated carbocycles. The lowest BCUT2D eigenvalue weighted by molar-refractivity contribution is 0.0258. The molecule has 154 valence electrons. The van der Waals surface area contributed by atoms with E-state index in [2.05, 4.69) is 5.10 Å². The average Bonchev–Trinajstić information content (AvgIpc) is 2.79. The van der Waals surface area contributed by atoms with Gasteiger partial charge in [0.05, 0.1) is 5.69 Å². The van der Waals surface area contributed by atoms with Gasteiger partial charge in [0.25, 0.3) is 0 Å². The standard InChI is InChI=1S/C17H29ClN4O4S/c1-12-14(15(18)21(6)19-12)27(24,25)22-9-7-8-13(11-22)10-20(5)16(23)26-17(2,3)4/h13H,7-11H2,1-6H3. The molecule has 1 aliphatic heterocycles. The molecule has 2 heterocycles. The third-order valence-corrected chi connectivity index (χ3v) is 6.98. The van der Waals surface area contributed by atoms with Crippen LogP contribution in [0.5, 0.6) is 0 Å². The van der Waals surface area contributed by atoms with Crippen molar-refractivity contribution in [3.05, 3.63) is 10.8 Å². The summed E-state index contributed by atoms with van der Waals surface area (Å²) in [5, 5.41) is 4.22. The molecule has 1 aliphatic rings. The fourth-order valence-corrected chi connectivity index (χ4v) is 5.49. The van der Waals surface area contributed by atoms with Gasteiger partial charge in [0.1, 0.15) is 15.6 Å². The van der Waals surface area contributed by atoms with Crippen LogP contribution < -0.4 is 0 Å². The van der Waals surface area contributed by atoms with E-state index in [1.807, 2.05) is 20.8 Å². The van der Waals surface area contributed by atoms with Crippen LogP contribution in [0.1, 0.15) is 39.3 Å². The molecular formula is C17H29ClN4O4S. The van der Waals surface area contributed by atoms with Gasteiger partial charge in [0.15, 0.2) is 0 Å². The smallest absolute Gasteiger partial charge is 0.410 e. The van der Waals surface area contributed by atoms with Crippen molar-refractivity contribution in [2.45, 2.75) is 51.0 Å². The van der Waals surface area contributed by atoms with Gasteiger partial charge in [0, 0.05) is 33.7 Å². The number of carbonyl (C=O) groups excluding carboxylic acids is 1. The number of carbonyl (C=O) groups is 1. The maximum atomic E-state index is 13.1. The van der Waals surface area contributed by atoms with E-state index in [9.17, 15) is 13.2 Å². The van der Waals surface area contributed by atoms with Crippen molar-refractivity contribution in [2.75, 3.05) is 26.7 Å². The molecule has 1 fully saturated rings. The van der Waals surface area contributed by atoms with Gasteiger partial charge in [0.2, 0.25) is 10.0 Å². The molecule has 1 saturated heterocycles. The van der Waals surface area contributed by atoms with Crippen molar-refractivity contribution in [2.24, 2.45) is 13.0 Å². The van der Waals surface area contributed by atoms with E-state index in [1.165, 1.54) is 13.9 Å². The van der Waals surface area contributed by atoms with E-state index < -0.39 is 21.7 Å². The Balaban J connectivity index is 2.10. The molecule has 2 rings (SSSR count). The van der Waals surface area contributed by atoms with Crippen LogP contribution in [-0.2, 0) is 21.8 Å². The second-order valence-electron chi connectivity index (χ2n) is 8.06. The van der Waals surface area contributed by atoms with E-state index in [-0.39, 0.29) is 16.0 Å². The zero-order chi connectivity index (χ0) is 20.6. The Morgan fingerprint density at radius 3 is 2.56 bits per heavy atom. The zero-order valence-corrected chi connectivity index (χ0v) is 18.4. The summed E-state index contributed by atoms with van der Waals surface area (Å²) in [4.78, 5) is 13.7. The third kappa shape index (κ3) is 5.14. The van der Waals surface area contributed by atoms with Crippen LogP contribution in [0.4, 0.5) is 4.79 Å². The van der Waals surface area contributed by atoms with Crippen LogP contribution in [-0.4, -0.2) is 65.8 Å². The number of ether oxygens (including phenoxy) is 1. The lowest BCUT2D eigenvalue weighted by Gasteiger charge is -2.34. The van der Waals surface area contributed by atoms with Gasteiger partial charge in [-0.05, 0) is 46.5 Å². The monoisotopic (exact) mass is 420 g/mol. The van der Waals surface area contributed by atoms with Crippen molar-refractivity contribution < 1.29 is 17.9 Å². The van der Waals surface area contributed by atoms with Crippen LogP contribution in [0.15, 0.2) is 4.90 Å². The van der Waals surface area contributed by atoms with Gasteiger partial charge in [-0.25, -0.2) is 13.2 Å². The summed E-state index contributed by atoms with van der Waals surface area (Å²) < 4.78 is 34.3. The minimum atomic E-state index is -3.74. The molecule has 27 heavy (non-hydrogen) atoms. The number of nitrogens with zero attached hydrogens (tertiary/aromatic N) is 4. The zero-order valence-electron chi connectivity index (χ0n) is 16.8. The molecule has 1 unspecified atom stereocenters. The topological polar surface area (TPSA) is 84.7 Å². The number of hydrogen-bond acceptors (Lipinski definition) is 5. The Kier molecular flexibility index (Phi) is 6.48. The fraction of sp³-hybridized carbons (Fsp3) is 0.765. The molecule has 10 heteroatoms. The second kappa shape index (κ2) is 7.97. The summed E-state index contributed by atoms with van der Waals surface area (Å²) in [5.41, 5.74) is -0.183. The van der Waals surface area contributed by atoms with Crippen LogP contribution in [0, 0.1) is 12.8 Å². The number of piperidine rings is 1. The van der Waals surface area contributed by atoms with Gasteiger partial charge in [-0.15, -0.1) is 0 Å². The summed E-state index contributed by atoms with van der Waals surface area (Å²) in [5.74, 6) is 0.0294. The van der Waals surface area contributed by atoms with Gasteiger partial charge in [-0.1, -0.05) is 11.6 Å². The average molecular weight is 421 g/mol. The highest BCUT2D eigenvalue weighted by Gasteiger charge is 2.35. The minimum absolute atomic E-state index is 0.0294. The summed E-state index contributed by atoms with van der Waals surface area (Å²) in [6, 6.07) is 0. The molecule has 1 amide bonds. The maximum absolute atomic E-state index is 13.1. The Bertz CT molecular complexity index is 801. The number of hydrogen-bond donors (Lipinski definition) is 0. The van der Waals surface area contributed by atoms with E-state index >= 15 is 0 Å². The highest BCUT2D eigenvalue weighted by molar-refractivity contribution is 7.89. The highest BCUT2D eigenvalue weighted by Crippen LogP contribution is 2.30. The lowest BCUT2D eigenvalue weighted by Crippen LogP contribution is -2.45. The second-order valence-corrected chi connectivity index (χ2v) is 10.3. The molecule has 1 atom stereocenters. The Hall–Kier alpha value is -1.32. The first-order valence-corrected chi connectivity index (χ1v) is 10.8. The SMILES string of the molecule is Cc1nn(C)c(Cl)c1S(=O)(=O)N1CCCC(CN(C)C(=O)OC(C)(C)C)C1. The first-order chi connectivity index (χ1) is 12.3. The first kappa shape index (κ1) is 22.0. The summed E-state index contributed by atoms with van der Waals surface area (Å²) in [6.45, 7) is 8.27. The molecule has 0 aliphatic carbocycles. The number of aromatic nitrogens is 2. The Morgan fingerprint density at radius 2 is 2.04 bits per heavy atom. The quantitative estimate of drug-likeness (QED) is 0.747. The number of halogens is 1. The van der Waals surface area contributed by atoms with Crippen molar-refractivity contribution in [1.29, 1.82) is 0 Å². The fourth-order valence-electron chi connectivity index (χ4n) is 3.23. The molecule has 0 aromatic carbocycles. The van der Waals surface area contributed by atoms with Gasteiger partial charge in [-0.3, -0.25) is 4.68 Å². The number of sulfonamides is 1. The summed E-state index contributed by atoms with van der Waals surface area (Å²) in [7, 11) is -0.452. The van der Waals surface area contributed by atoms with Crippen LogP contribution in [0.3, 0.4) is 0 Å².